The van der Waals surface area contributed by atoms with Gasteiger partial charge in [0.25, 0.3) is 0 Å². The fourth-order valence-electron chi connectivity index (χ4n) is 2.91. The molecule has 1 fully saturated rings. The molecule has 2 N–H and O–H groups in total. The Balaban J connectivity index is 2.66. The zero-order valence-corrected chi connectivity index (χ0v) is 12.2. The quantitative estimate of drug-likeness (QED) is 0.724. The summed E-state index contributed by atoms with van der Waals surface area (Å²) < 4.78 is 0. The van der Waals surface area contributed by atoms with E-state index in [2.05, 4.69) is 18.7 Å². The minimum absolute atomic E-state index is 0.221. The van der Waals surface area contributed by atoms with Gasteiger partial charge in [-0.3, -0.25) is 4.79 Å². The van der Waals surface area contributed by atoms with Crippen molar-refractivity contribution in [3.05, 3.63) is 0 Å². The SMILES string of the molecule is CCCCN(CCCC)C(=O)C1(CN)CCCC1. The van der Waals surface area contributed by atoms with Crippen molar-refractivity contribution in [2.24, 2.45) is 11.1 Å². The summed E-state index contributed by atoms with van der Waals surface area (Å²) in [5.41, 5.74) is 5.70. The smallest absolute Gasteiger partial charge is 0.230 e. The number of nitrogens with two attached hydrogens (primary N) is 1. The molecule has 0 saturated heterocycles. The van der Waals surface area contributed by atoms with E-state index < -0.39 is 0 Å². The molecule has 3 heteroatoms. The van der Waals surface area contributed by atoms with Crippen molar-refractivity contribution in [1.82, 2.24) is 4.90 Å². The highest BCUT2D eigenvalue weighted by molar-refractivity contribution is 5.83. The highest BCUT2D eigenvalue weighted by Gasteiger charge is 2.41. The van der Waals surface area contributed by atoms with Gasteiger partial charge in [0.05, 0.1) is 5.41 Å². The van der Waals surface area contributed by atoms with Crippen molar-refractivity contribution in [2.45, 2.75) is 65.2 Å². The highest BCUT2D eigenvalue weighted by atomic mass is 16.2. The first-order chi connectivity index (χ1) is 8.70. The molecule has 1 aliphatic carbocycles. The van der Waals surface area contributed by atoms with Crippen LogP contribution < -0.4 is 5.73 Å². The Morgan fingerprint density at radius 1 is 1.11 bits per heavy atom. The van der Waals surface area contributed by atoms with Gasteiger partial charge in [0.2, 0.25) is 5.91 Å². The molecule has 1 amide bonds. The second-order valence-corrected chi connectivity index (χ2v) is 5.69. The number of rotatable bonds is 8. The number of unbranched alkanes of at least 4 members (excludes halogenated alkanes) is 2. The average molecular weight is 254 g/mol. The molecule has 0 aromatic heterocycles. The van der Waals surface area contributed by atoms with Crippen LogP contribution in [0.25, 0.3) is 0 Å². The second-order valence-electron chi connectivity index (χ2n) is 5.69. The monoisotopic (exact) mass is 254 g/mol. The van der Waals surface area contributed by atoms with E-state index in [0.717, 1.165) is 51.6 Å². The Hall–Kier alpha value is -0.570. The van der Waals surface area contributed by atoms with Crippen LogP contribution >= 0.6 is 0 Å². The Morgan fingerprint density at radius 2 is 1.61 bits per heavy atom. The van der Waals surface area contributed by atoms with Gasteiger partial charge in [0.1, 0.15) is 0 Å². The molecule has 0 bridgehead atoms. The lowest BCUT2D eigenvalue weighted by Crippen LogP contribution is -2.47. The third-order valence-electron chi connectivity index (χ3n) is 4.26. The van der Waals surface area contributed by atoms with Gasteiger partial charge >= 0.3 is 0 Å². The maximum atomic E-state index is 12.8. The summed E-state index contributed by atoms with van der Waals surface area (Å²) in [4.78, 5) is 14.8. The summed E-state index contributed by atoms with van der Waals surface area (Å²) in [7, 11) is 0. The van der Waals surface area contributed by atoms with Crippen molar-refractivity contribution in [2.75, 3.05) is 19.6 Å². The Kier molecular flexibility index (Phi) is 6.69. The van der Waals surface area contributed by atoms with E-state index in [4.69, 9.17) is 5.73 Å². The van der Waals surface area contributed by atoms with E-state index in [1.165, 1.54) is 12.8 Å². The Bertz CT molecular complexity index is 239. The van der Waals surface area contributed by atoms with E-state index in [-0.39, 0.29) is 5.41 Å². The second kappa shape index (κ2) is 7.78. The number of hydrogen-bond acceptors (Lipinski definition) is 2. The third-order valence-corrected chi connectivity index (χ3v) is 4.26. The molecular formula is C15H30N2O. The van der Waals surface area contributed by atoms with Crippen LogP contribution in [0, 0.1) is 5.41 Å². The molecule has 0 radical (unpaired) electrons. The van der Waals surface area contributed by atoms with Crippen molar-refractivity contribution < 1.29 is 4.79 Å². The standard InChI is InChI=1S/C15H30N2O/c1-3-5-11-17(12-6-4-2)14(18)15(13-16)9-7-8-10-15/h3-13,16H2,1-2H3. The van der Waals surface area contributed by atoms with Gasteiger partial charge in [-0.05, 0) is 25.7 Å². The van der Waals surface area contributed by atoms with Gasteiger partial charge in [-0.2, -0.15) is 0 Å². The van der Waals surface area contributed by atoms with Crippen LogP contribution in [0.3, 0.4) is 0 Å². The summed E-state index contributed by atoms with van der Waals surface area (Å²) in [5, 5.41) is 0. The lowest BCUT2D eigenvalue weighted by atomic mass is 9.84. The summed E-state index contributed by atoms with van der Waals surface area (Å²) in [6.45, 7) is 6.71. The van der Waals surface area contributed by atoms with Gasteiger partial charge in [-0.1, -0.05) is 39.5 Å². The van der Waals surface area contributed by atoms with Gasteiger partial charge in [0, 0.05) is 19.6 Å². The van der Waals surface area contributed by atoms with E-state index in [0.29, 0.717) is 12.5 Å². The molecule has 18 heavy (non-hydrogen) atoms. The van der Waals surface area contributed by atoms with Gasteiger partial charge < -0.3 is 10.6 Å². The summed E-state index contributed by atoms with van der Waals surface area (Å²) >= 11 is 0. The van der Waals surface area contributed by atoms with Crippen molar-refractivity contribution >= 4 is 5.91 Å². The maximum Gasteiger partial charge on any atom is 0.230 e. The first kappa shape index (κ1) is 15.5. The van der Waals surface area contributed by atoms with E-state index in [9.17, 15) is 4.79 Å². The Morgan fingerprint density at radius 3 is 2.00 bits per heavy atom. The predicted molar refractivity (Wildman–Crippen MR) is 76.4 cm³/mol. The molecule has 0 atom stereocenters. The molecule has 0 aliphatic heterocycles. The van der Waals surface area contributed by atoms with Crippen LogP contribution in [-0.2, 0) is 4.79 Å². The molecule has 0 heterocycles. The Labute approximate surface area is 112 Å². The average Bonchev–Trinajstić information content (AvgIpc) is 2.88. The number of hydrogen-bond donors (Lipinski definition) is 1. The third kappa shape index (κ3) is 3.71. The van der Waals surface area contributed by atoms with Crippen LogP contribution in [0.5, 0.6) is 0 Å². The molecule has 0 unspecified atom stereocenters. The summed E-state index contributed by atoms with van der Waals surface area (Å²) in [6, 6.07) is 0. The number of carbonyl (C=O) groups excluding carboxylic acids is 1. The first-order valence-electron chi connectivity index (χ1n) is 7.69. The molecule has 0 spiro atoms. The minimum atomic E-state index is -0.221. The molecular weight excluding hydrogens is 224 g/mol. The van der Waals surface area contributed by atoms with Gasteiger partial charge in [-0.15, -0.1) is 0 Å². The van der Waals surface area contributed by atoms with Crippen LogP contribution in [-0.4, -0.2) is 30.4 Å². The van der Waals surface area contributed by atoms with Crippen LogP contribution in [0.1, 0.15) is 65.2 Å². The van der Waals surface area contributed by atoms with Crippen molar-refractivity contribution in [3.63, 3.8) is 0 Å². The summed E-state index contributed by atoms with van der Waals surface area (Å²) in [6.07, 6.45) is 8.83. The van der Waals surface area contributed by atoms with Crippen LogP contribution in [0.4, 0.5) is 0 Å². The lowest BCUT2D eigenvalue weighted by molar-refractivity contribution is -0.141. The van der Waals surface area contributed by atoms with Crippen molar-refractivity contribution in [3.8, 4) is 0 Å². The highest BCUT2D eigenvalue weighted by Crippen LogP contribution is 2.38. The fourth-order valence-corrected chi connectivity index (χ4v) is 2.91. The first-order valence-corrected chi connectivity index (χ1v) is 7.69. The van der Waals surface area contributed by atoms with Crippen LogP contribution in [0.2, 0.25) is 0 Å². The fraction of sp³-hybridized carbons (Fsp3) is 0.933. The van der Waals surface area contributed by atoms with Crippen LogP contribution in [0.15, 0.2) is 0 Å². The van der Waals surface area contributed by atoms with E-state index >= 15 is 0 Å². The number of carbonyl (C=O) groups is 1. The molecule has 106 valence electrons. The molecule has 3 nitrogen and oxygen atoms in total. The molecule has 0 aromatic rings. The lowest BCUT2D eigenvalue weighted by Gasteiger charge is -2.33. The number of nitrogens with zero attached hydrogens (tertiary/aromatic N) is 1. The topological polar surface area (TPSA) is 46.3 Å². The zero-order chi connectivity index (χ0) is 13.4. The largest absolute Gasteiger partial charge is 0.342 e. The van der Waals surface area contributed by atoms with Gasteiger partial charge in [0.15, 0.2) is 0 Å². The zero-order valence-electron chi connectivity index (χ0n) is 12.2. The van der Waals surface area contributed by atoms with E-state index in [1.807, 2.05) is 0 Å². The normalized spacial score (nSPS) is 17.9. The minimum Gasteiger partial charge on any atom is -0.342 e. The molecule has 1 saturated carbocycles. The summed E-state index contributed by atoms with van der Waals surface area (Å²) in [5.74, 6) is 0.337. The number of amides is 1. The molecule has 1 aliphatic rings. The maximum absolute atomic E-state index is 12.8. The molecule has 0 aromatic carbocycles. The van der Waals surface area contributed by atoms with E-state index in [1.54, 1.807) is 0 Å². The van der Waals surface area contributed by atoms with Crippen molar-refractivity contribution in [1.29, 1.82) is 0 Å². The predicted octanol–water partition coefficient (Wildman–Crippen LogP) is 2.93. The van der Waals surface area contributed by atoms with Gasteiger partial charge in [-0.25, -0.2) is 0 Å². The molecule has 1 rings (SSSR count).